The summed E-state index contributed by atoms with van der Waals surface area (Å²) in [6.45, 7) is 6.30. The highest BCUT2D eigenvalue weighted by atomic mass is 16.5. The minimum atomic E-state index is 0.494. The first-order valence-corrected chi connectivity index (χ1v) is 11.6. The van der Waals surface area contributed by atoms with Gasteiger partial charge in [0.1, 0.15) is 0 Å². The summed E-state index contributed by atoms with van der Waals surface area (Å²) >= 11 is 0. The van der Waals surface area contributed by atoms with Gasteiger partial charge in [-0.1, -0.05) is 54.6 Å². The second-order valence-electron chi connectivity index (χ2n) is 9.11. The lowest BCUT2D eigenvalue weighted by Gasteiger charge is -2.35. The van der Waals surface area contributed by atoms with E-state index in [0.717, 1.165) is 23.5 Å². The second-order valence-corrected chi connectivity index (χ2v) is 9.11. The molecule has 0 atom stereocenters. The minimum Gasteiger partial charge on any atom is -0.463 e. The molecule has 5 rings (SSSR count). The van der Waals surface area contributed by atoms with Gasteiger partial charge < -0.3 is 4.74 Å². The van der Waals surface area contributed by atoms with Gasteiger partial charge in [-0.15, -0.1) is 0 Å². The fraction of sp³-hybridized carbons (Fsp3) is 0.407. The Kier molecular flexibility index (Phi) is 5.99. The zero-order chi connectivity index (χ0) is 21.0. The molecular formula is C27H31N3O. The Labute approximate surface area is 185 Å². The Bertz CT molecular complexity index is 991. The number of rotatable bonds is 7. The lowest BCUT2D eigenvalue weighted by atomic mass is 9.72. The number of aryl methyl sites for hydroxylation is 1. The van der Waals surface area contributed by atoms with E-state index in [0.29, 0.717) is 24.5 Å². The third-order valence-corrected chi connectivity index (χ3v) is 6.64. The first-order chi connectivity index (χ1) is 15.2. The van der Waals surface area contributed by atoms with E-state index >= 15 is 0 Å². The summed E-state index contributed by atoms with van der Waals surface area (Å²) in [5, 5.41) is 0. The fourth-order valence-electron chi connectivity index (χ4n) is 4.79. The number of aromatic nitrogens is 2. The van der Waals surface area contributed by atoms with Crippen molar-refractivity contribution in [3.05, 3.63) is 77.5 Å². The van der Waals surface area contributed by atoms with E-state index in [2.05, 4.69) is 51.3 Å². The molecule has 1 aliphatic carbocycles. The molecule has 160 valence electrons. The van der Waals surface area contributed by atoms with Gasteiger partial charge in [0.25, 0.3) is 0 Å². The number of benzene rings is 2. The number of ether oxygens (including phenoxy) is 1. The molecular weight excluding hydrogens is 382 g/mol. The van der Waals surface area contributed by atoms with Crippen LogP contribution in [0, 0.1) is 12.8 Å². The van der Waals surface area contributed by atoms with Crippen molar-refractivity contribution in [2.24, 2.45) is 5.92 Å². The van der Waals surface area contributed by atoms with Crippen LogP contribution in [0.2, 0.25) is 0 Å². The Balaban J connectivity index is 1.12. The molecule has 3 aromatic rings. The van der Waals surface area contributed by atoms with Crippen molar-refractivity contribution in [3.63, 3.8) is 0 Å². The van der Waals surface area contributed by atoms with Gasteiger partial charge in [-0.2, -0.15) is 4.98 Å². The topological polar surface area (TPSA) is 38.2 Å². The van der Waals surface area contributed by atoms with Gasteiger partial charge in [0.05, 0.1) is 12.3 Å². The van der Waals surface area contributed by atoms with Crippen LogP contribution in [0.5, 0.6) is 6.01 Å². The van der Waals surface area contributed by atoms with E-state index in [1.165, 1.54) is 49.9 Å². The van der Waals surface area contributed by atoms with E-state index in [1.807, 2.05) is 31.2 Å². The summed E-state index contributed by atoms with van der Waals surface area (Å²) in [6.07, 6.45) is 5.07. The maximum Gasteiger partial charge on any atom is 0.317 e. The van der Waals surface area contributed by atoms with Crippen LogP contribution in [0.15, 0.2) is 60.7 Å². The van der Waals surface area contributed by atoms with Gasteiger partial charge in [-0.25, -0.2) is 4.98 Å². The molecule has 31 heavy (non-hydrogen) atoms. The summed E-state index contributed by atoms with van der Waals surface area (Å²) in [5.41, 5.74) is 5.86. The van der Waals surface area contributed by atoms with Crippen molar-refractivity contribution in [1.82, 2.24) is 14.9 Å². The Morgan fingerprint density at radius 2 is 1.68 bits per heavy atom. The number of nitrogens with zero attached hydrogens (tertiary/aromatic N) is 3. The largest absolute Gasteiger partial charge is 0.463 e. The molecule has 1 aromatic heterocycles. The highest BCUT2D eigenvalue weighted by Crippen LogP contribution is 2.41. The molecule has 0 spiro atoms. The van der Waals surface area contributed by atoms with Crippen LogP contribution in [0.4, 0.5) is 0 Å². The number of hydrogen-bond donors (Lipinski definition) is 0. The summed E-state index contributed by atoms with van der Waals surface area (Å²) in [7, 11) is 0. The third kappa shape index (κ3) is 4.96. The van der Waals surface area contributed by atoms with Crippen molar-refractivity contribution in [1.29, 1.82) is 0 Å². The highest BCUT2D eigenvalue weighted by Gasteiger charge is 2.31. The molecule has 0 N–H and O–H groups in total. The summed E-state index contributed by atoms with van der Waals surface area (Å²) in [6, 6.07) is 22.0. The quantitative estimate of drug-likeness (QED) is 0.504. The van der Waals surface area contributed by atoms with Crippen LogP contribution in [0.25, 0.3) is 11.3 Å². The van der Waals surface area contributed by atoms with E-state index in [4.69, 9.17) is 4.74 Å². The van der Waals surface area contributed by atoms with Crippen molar-refractivity contribution in [2.75, 3.05) is 19.7 Å². The van der Waals surface area contributed by atoms with Crippen LogP contribution >= 0.6 is 0 Å². The first kappa shape index (κ1) is 20.2. The van der Waals surface area contributed by atoms with Crippen molar-refractivity contribution in [3.8, 4) is 17.3 Å². The van der Waals surface area contributed by atoms with Crippen LogP contribution in [0.3, 0.4) is 0 Å². The summed E-state index contributed by atoms with van der Waals surface area (Å²) in [4.78, 5) is 11.7. The third-order valence-electron chi connectivity index (χ3n) is 6.64. The van der Waals surface area contributed by atoms with E-state index in [1.54, 1.807) is 0 Å². The molecule has 0 radical (unpaired) electrons. The summed E-state index contributed by atoms with van der Waals surface area (Å²) in [5.74, 6) is 1.24. The monoisotopic (exact) mass is 413 g/mol. The van der Waals surface area contributed by atoms with Gasteiger partial charge in [-0.05, 0) is 74.7 Å². The zero-order valence-electron chi connectivity index (χ0n) is 18.3. The SMILES string of the molecule is Cc1cc(-c2ccccc2)nc(OC[C@H]2C[C@@H](c3ccc(CN4CCCC4)cc3)C2)n1. The average Bonchev–Trinajstić information content (AvgIpc) is 3.27. The Hall–Kier alpha value is -2.72. The number of likely N-dealkylation sites (tertiary alicyclic amines) is 1. The maximum atomic E-state index is 6.00. The molecule has 0 unspecified atom stereocenters. The predicted molar refractivity (Wildman–Crippen MR) is 124 cm³/mol. The van der Waals surface area contributed by atoms with Crippen LogP contribution < -0.4 is 4.74 Å². The molecule has 4 nitrogen and oxygen atoms in total. The minimum absolute atomic E-state index is 0.494. The van der Waals surface area contributed by atoms with Gasteiger partial charge in [-0.3, -0.25) is 4.90 Å². The van der Waals surface area contributed by atoms with Gasteiger partial charge in [0.2, 0.25) is 0 Å². The van der Waals surface area contributed by atoms with E-state index in [9.17, 15) is 0 Å². The molecule has 2 aliphatic rings. The standard InChI is InChI=1S/C27H31N3O/c1-20-15-26(24-7-3-2-4-8-24)29-27(28-20)31-19-22-16-25(17-22)23-11-9-21(10-12-23)18-30-13-5-6-14-30/h2-4,7-12,15,22,25H,5-6,13-14,16-19H2,1H3/t22-,25+. The average molecular weight is 414 g/mol. The molecule has 1 saturated carbocycles. The Morgan fingerprint density at radius 3 is 2.42 bits per heavy atom. The van der Waals surface area contributed by atoms with Crippen LogP contribution in [-0.2, 0) is 6.54 Å². The smallest absolute Gasteiger partial charge is 0.317 e. The maximum absolute atomic E-state index is 6.00. The lowest BCUT2D eigenvalue weighted by molar-refractivity contribution is 0.149. The molecule has 2 heterocycles. The van der Waals surface area contributed by atoms with Gasteiger partial charge in [0.15, 0.2) is 0 Å². The molecule has 0 bridgehead atoms. The lowest BCUT2D eigenvalue weighted by Crippen LogP contribution is -2.27. The van der Waals surface area contributed by atoms with Crippen LogP contribution in [0.1, 0.15) is 48.4 Å². The van der Waals surface area contributed by atoms with Crippen molar-refractivity contribution in [2.45, 2.75) is 45.1 Å². The summed E-state index contributed by atoms with van der Waals surface area (Å²) < 4.78 is 6.00. The molecule has 4 heteroatoms. The number of hydrogen-bond acceptors (Lipinski definition) is 4. The van der Waals surface area contributed by atoms with Gasteiger partial charge >= 0.3 is 6.01 Å². The van der Waals surface area contributed by atoms with Gasteiger partial charge in [0, 0.05) is 17.8 Å². The molecule has 0 amide bonds. The first-order valence-electron chi connectivity index (χ1n) is 11.6. The van der Waals surface area contributed by atoms with Crippen molar-refractivity contribution < 1.29 is 4.74 Å². The van der Waals surface area contributed by atoms with E-state index < -0.39 is 0 Å². The van der Waals surface area contributed by atoms with Crippen LogP contribution in [-0.4, -0.2) is 34.6 Å². The Morgan fingerprint density at radius 1 is 0.935 bits per heavy atom. The normalized spacial score (nSPS) is 21.1. The zero-order valence-corrected chi connectivity index (χ0v) is 18.3. The van der Waals surface area contributed by atoms with Crippen molar-refractivity contribution >= 4 is 0 Å². The molecule has 2 aromatic carbocycles. The second kappa shape index (κ2) is 9.19. The molecule has 1 aliphatic heterocycles. The predicted octanol–water partition coefficient (Wildman–Crippen LogP) is 5.62. The molecule has 2 fully saturated rings. The van der Waals surface area contributed by atoms with E-state index in [-0.39, 0.29) is 0 Å². The highest BCUT2D eigenvalue weighted by molar-refractivity contribution is 5.59. The molecule has 1 saturated heterocycles. The fourth-order valence-corrected chi connectivity index (χ4v) is 4.79.